The Morgan fingerprint density at radius 3 is 2.91 bits per heavy atom. The van der Waals surface area contributed by atoms with Gasteiger partial charge in [0.25, 0.3) is 5.56 Å². The Labute approximate surface area is 138 Å². The van der Waals surface area contributed by atoms with Crippen molar-refractivity contribution in [1.29, 1.82) is 5.26 Å². The van der Waals surface area contributed by atoms with Gasteiger partial charge in [-0.2, -0.15) is 5.26 Å². The Morgan fingerprint density at radius 1 is 1.41 bits per heavy atom. The van der Waals surface area contributed by atoms with E-state index < -0.39 is 0 Å². The fraction of sp³-hybridized carbons (Fsp3) is 0.312. The highest BCUT2D eigenvalue weighted by molar-refractivity contribution is 7.99. The van der Waals surface area contributed by atoms with Crippen LogP contribution in [0.3, 0.4) is 0 Å². The molecule has 0 amide bonds. The van der Waals surface area contributed by atoms with Gasteiger partial charge >= 0.3 is 0 Å². The zero-order valence-corrected chi connectivity index (χ0v) is 14.2. The van der Waals surface area contributed by atoms with E-state index in [9.17, 15) is 10.1 Å². The molecule has 0 bridgehead atoms. The molecule has 0 radical (unpaired) electrons. The van der Waals surface area contributed by atoms with Crippen LogP contribution in [0.25, 0.3) is 11.3 Å². The van der Waals surface area contributed by atoms with Crippen molar-refractivity contribution in [2.45, 2.75) is 29.8 Å². The molecular formula is C16H17N3OS2. The molecule has 0 aliphatic rings. The number of nitrogens with zero attached hydrogens (tertiary/aromatic N) is 2. The maximum absolute atomic E-state index is 12.0. The van der Waals surface area contributed by atoms with Crippen LogP contribution in [0, 0.1) is 11.3 Å². The van der Waals surface area contributed by atoms with Gasteiger partial charge in [-0.25, -0.2) is 4.98 Å². The molecule has 2 rings (SSSR count). The van der Waals surface area contributed by atoms with Gasteiger partial charge < -0.3 is 4.98 Å². The van der Waals surface area contributed by atoms with Crippen molar-refractivity contribution < 1.29 is 0 Å². The number of aromatic nitrogens is 2. The highest BCUT2D eigenvalue weighted by Gasteiger charge is 2.13. The number of benzene rings is 1. The molecular weight excluding hydrogens is 314 g/mol. The van der Waals surface area contributed by atoms with E-state index in [1.165, 1.54) is 11.8 Å². The number of thioether (sulfide) groups is 2. The van der Waals surface area contributed by atoms with Gasteiger partial charge in [-0.05, 0) is 30.6 Å². The second-order valence-corrected chi connectivity index (χ2v) is 6.60. The number of H-pyrrole nitrogens is 1. The zero-order chi connectivity index (χ0) is 15.9. The molecule has 0 atom stereocenters. The Bertz CT molecular complexity index is 750. The van der Waals surface area contributed by atoms with E-state index in [0.717, 1.165) is 29.1 Å². The highest BCUT2D eigenvalue weighted by atomic mass is 32.2. The quantitative estimate of drug-likeness (QED) is 0.493. The van der Waals surface area contributed by atoms with Crippen LogP contribution in [0.5, 0.6) is 0 Å². The van der Waals surface area contributed by atoms with Gasteiger partial charge in [0.05, 0.1) is 5.69 Å². The maximum atomic E-state index is 12.0. The lowest BCUT2D eigenvalue weighted by molar-refractivity contribution is 0.896. The van der Waals surface area contributed by atoms with E-state index in [4.69, 9.17) is 0 Å². The molecule has 0 saturated carbocycles. The molecule has 0 spiro atoms. The number of aromatic amines is 1. The first-order valence-corrected chi connectivity index (χ1v) is 9.22. The van der Waals surface area contributed by atoms with Crippen LogP contribution in [0.1, 0.15) is 25.3 Å². The fourth-order valence-corrected chi connectivity index (χ4v) is 3.36. The predicted molar refractivity (Wildman–Crippen MR) is 92.4 cm³/mol. The lowest BCUT2D eigenvalue weighted by atomic mass is 10.1. The first-order valence-electron chi connectivity index (χ1n) is 7.01. The van der Waals surface area contributed by atoms with Crippen molar-refractivity contribution in [2.24, 2.45) is 0 Å². The number of nitrogens with one attached hydrogen (secondary N) is 1. The van der Waals surface area contributed by atoms with Crippen molar-refractivity contribution in [3.8, 4) is 17.3 Å². The van der Waals surface area contributed by atoms with Crippen molar-refractivity contribution in [3.63, 3.8) is 0 Å². The molecule has 0 unspecified atom stereocenters. The fourth-order valence-electron chi connectivity index (χ4n) is 1.93. The molecule has 1 aromatic heterocycles. The Kier molecular flexibility index (Phi) is 6.10. The third-order valence-electron chi connectivity index (χ3n) is 3.08. The number of hydrogen-bond acceptors (Lipinski definition) is 5. The molecule has 2 aromatic rings. The van der Waals surface area contributed by atoms with Crippen molar-refractivity contribution in [3.05, 3.63) is 40.2 Å². The molecule has 22 heavy (non-hydrogen) atoms. The molecule has 0 aliphatic heterocycles. The van der Waals surface area contributed by atoms with Gasteiger partial charge in [0, 0.05) is 10.5 Å². The summed E-state index contributed by atoms with van der Waals surface area (Å²) in [5.74, 6) is 1.06. The molecule has 1 heterocycles. The standard InChI is InChI=1S/C16H17N3OS2/c1-3-4-8-22-12-7-5-6-11(9-12)14-13(10-17)15(20)19-16(18-14)21-2/h5-7,9H,3-4,8H2,1-2H3,(H,18,19,20). The average Bonchev–Trinajstić information content (AvgIpc) is 2.54. The summed E-state index contributed by atoms with van der Waals surface area (Å²) in [7, 11) is 0. The largest absolute Gasteiger partial charge is 0.300 e. The number of unbranched alkanes of at least 4 members (excludes halogenated alkanes) is 1. The van der Waals surface area contributed by atoms with Gasteiger partial charge in [-0.15, -0.1) is 11.8 Å². The number of rotatable bonds is 6. The van der Waals surface area contributed by atoms with Gasteiger partial charge in [0.1, 0.15) is 11.6 Å². The summed E-state index contributed by atoms with van der Waals surface area (Å²) in [6.45, 7) is 2.17. The molecule has 0 saturated heterocycles. The molecule has 1 N–H and O–H groups in total. The molecule has 1 aromatic carbocycles. The minimum atomic E-state index is -0.388. The van der Waals surface area contributed by atoms with E-state index >= 15 is 0 Å². The lowest BCUT2D eigenvalue weighted by Gasteiger charge is -2.07. The lowest BCUT2D eigenvalue weighted by Crippen LogP contribution is -2.14. The number of nitriles is 1. The van der Waals surface area contributed by atoms with Crippen LogP contribution in [0.15, 0.2) is 39.1 Å². The average molecular weight is 331 g/mol. The summed E-state index contributed by atoms with van der Waals surface area (Å²) < 4.78 is 0. The first-order chi connectivity index (χ1) is 10.7. The van der Waals surface area contributed by atoms with Crippen LogP contribution in [0.2, 0.25) is 0 Å². The van der Waals surface area contributed by atoms with Crippen LogP contribution in [0.4, 0.5) is 0 Å². The Morgan fingerprint density at radius 2 is 2.23 bits per heavy atom. The smallest absolute Gasteiger partial charge is 0.270 e. The van der Waals surface area contributed by atoms with Crippen molar-refractivity contribution >= 4 is 23.5 Å². The van der Waals surface area contributed by atoms with Crippen LogP contribution in [-0.4, -0.2) is 22.0 Å². The summed E-state index contributed by atoms with van der Waals surface area (Å²) in [5, 5.41) is 9.76. The molecule has 0 aliphatic carbocycles. The summed E-state index contributed by atoms with van der Waals surface area (Å²) in [6, 6.07) is 9.82. The summed E-state index contributed by atoms with van der Waals surface area (Å²) in [5.41, 5.74) is 0.933. The van der Waals surface area contributed by atoms with Gasteiger partial charge in [-0.1, -0.05) is 37.2 Å². The maximum Gasteiger partial charge on any atom is 0.270 e. The molecule has 6 heteroatoms. The SMILES string of the molecule is CCCCSc1cccc(-c2nc(SC)[nH]c(=O)c2C#N)c1. The predicted octanol–water partition coefficient (Wildman–Crippen LogP) is 3.92. The Balaban J connectivity index is 2.43. The van der Waals surface area contributed by atoms with E-state index in [0.29, 0.717) is 10.9 Å². The minimum absolute atomic E-state index is 0.0634. The number of hydrogen-bond donors (Lipinski definition) is 1. The third-order valence-corrected chi connectivity index (χ3v) is 4.74. The van der Waals surface area contributed by atoms with E-state index in [-0.39, 0.29) is 11.1 Å². The molecule has 0 fully saturated rings. The topological polar surface area (TPSA) is 69.5 Å². The summed E-state index contributed by atoms with van der Waals surface area (Å²) in [4.78, 5) is 20.1. The molecule has 4 nitrogen and oxygen atoms in total. The summed E-state index contributed by atoms with van der Waals surface area (Å²) in [6.07, 6.45) is 4.17. The van der Waals surface area contributed by atoms with Gasteiger partial charge in [0.15, 0.2) is 5.16 Å². The first kappa shape index (κ1) is 16.7. The van der Waals surface area contributed by atoms with E-state index in [2.05, 4.69) is 16.9 Å². The second kappa shape index (κ2) is 8.06. The summed E-state index contributed by atoms with van der Waals surface area (Å²) >= 11 is 3.13. The van der Waals surface area contributed by atoms with Crippen LogP contribution < -0.4 is 5.56 Å². The third kappa shape index (κ3) is 3.93. The Hall–Kier alpha value is -1.71. The van der Waals surface area contributed by atoms with Crippen LogP contribution >= 0.6 is 23.5 Å². The van der Waals surface area contributed by atoms with Gasteiger partial charge in [0.2, 0.25) is 0 Å². The second-order valence-electron chi connectivity index (χ2n) is 4.64. The van der Waals surface area contributed by atoms with Crippen molar-refractivity contribution in [2.75, 3.05) is 12.0 Å². The zero-order valence-electron chi connectivity index (χ0n) is 12.5. The molecule has 114 valence electrons. The van der Waals surface area contributed by atoms with Gasteiger partial charge in [-0.3, -0.25) is 4.79 Å². The van der Waals surface area contributed by atoms with Crippen molar-refractivity contribution in [1.82, 2.24) is 9.97 Å². The van der Waals surface area contributed by atoms with Crippen LogP contribution in [-0.2, 0) is 0 Å². The monoisotopic (exact) mass is 331 g/mol. The normalized spacial score (nSPS) is 10.4. The van der Waals surface area contributed by atoms with E-state index in [1.54, 1.807) is 11.8 Å². The van der Waals surface area contributed by atoms with E-state index in [1.807, 2.05) is 36.6 Å². The minimum Gasteiger partial charge on any atom is -0.300 e. The highest BCUT2D eigenvalue weighted by Crippen LogP contribution is 2.27.